The first-order chi connectivity index (χ1) is 14.0. The van der Waals surface area contributed by atoms with Crippen molar-refractivity contribution < 1.29 is 9.90 Å². The number of hydrogen-bond acceptors (Lipinski definition) is 2. The molecule has 3 nitrogen and oxygen atoms in total. The van der Waals surface area contributed by atoms with Crippen molar-refractivity contribution in [3.8, 4) is 6.07 Å². The zero-order valence-electron chi connectivity index (χ0n) is 19.1. The van der Waals surface area contributed by atoms with Gasteiger partial charge in [-0.25, -0.2) is 0 Å². The van der Waals surface area contributed by atoms with Crippen molar-refractivity contribution in [2.75, 3.05) is 0 Å². The normalized spacial score (nSPS) is 31.1. The molecule has 0 bridgehead atoms. The van der Waals surface area contributed by atoms with E-state index >= 15 is 0 Å². The summed E-state index contributed by atoms with van der Waals surface area (Å²) in [5, 5.41) is 18.8. The molecule has 0 amide bonds. The fraction of sp³-hybridized carbons (Fsp3) is 0.923. The molecule has 0 radical (unpaired) electrons. The van der Waals surface area contributed by atoms with Crippen LogP contribution in [0.2, 0.25) is 0 Å². The summed E-state index contributed by atoms with van der Waals surface area (Å²) >= 11 is 0. The lowest BCUT2D eigenvalue weighted by Crippen LogP contribution is -2.35. The Bertz CT molecular complexity index is 507. The number of carboxylic acid groups (broad SMARTS) is 1. The molecule has 2 fully saturated rings. The van der Waals surface area contributed by atoms with E-state index in [9.17, 15) is 10.1 Å². The van der Waals surface area contributed by atoms with E-state index in [0.29, 0.717) is 12.3 Å². The van der Waals surface area contributed by atoms with Gasteiger partial charge in [-0.15, -0.1) is 0 Å². The van der Waals surface area contributed by atoms with Crippen molar-refractivity contribution in [3.05, 3.63) is 0 Å². The average molecular weight is 404 g/mol. The van der Waals surface area contributed by atoms with Crippen molar-refractivity contribution in [2.45, 2.75) is 123 Å². The first-order valence-corrected chi connectivity index (χ1v) is 12.6. The molecule has 2 rings (SSSR count). The van der Waals surface area contributed by atoms with E-state index in [2.05, 4.69) is 19.9 Å². The Balaban J connectivity index is 1.69. The van der Waals surface area contributed by atoms with Crippen LogP contribution in [0, 0.1) is 40.4 Å². The molecule has 0 saturated heterocycles. The standard InChI is InChI=1S/C26H45NO2/c1-3-4-5-6-7-10-22-12-14-23(15-13-22)24-16-18-26(20-27,19-17-24)21(2)9-8-11-25(28)29/h21-24H,3-19H2,1-2H3,(H,28,29). The lowest BCUT2D eigenvalue weighted by molar-refractivity contribution is -0.137. The SMILES string of the molecule is CCCCCCCC1CCC(C2CCC(C#N)(C(C)CCCC(=O)O)CC2)CC1. The second-order valence-corrected chi connectivity index (χ2v) is 10.3. The summed E-state index contributed by atoms with van der Waals surface area (Å²) in [6.45, 7) is 4.46. The molecule has 166 valence electrons. The summed E-state index contributed by atoms with van der Waals surface area (Å²) in [6, 6.07) is 2.68. The number of hydrogen-bond donors (Lipinski definition) is 1. The third kappa shape index (κ3) is 7.62. The van der Waals surface area contributed by atoms with Crippen LogP contribution in [0.15, 0.2) is 0 Å². The second-order valence-electron chi connectivity index (χ2n) is 10.3. The molecule has 1 atom stereocenters. The molecular weight excluding hydrogens is 358 g/mol. The summed E-state index contributed by atoms with van der Waals surface area (Å²) in [6.07, 6.45) is 20.4. The van der Waals surface area contributed by atoms with E-state index in [1.165, 1.54) is 77.0 Å². The maximum absolute atomic E-state index is 10.8. The quantitative estimate of drug-likeness (QED) is 0.339. The molecule has 2 aliphatic rings. The van der Waals surface area contributed by atoms with Gasteiger partial charge in [-0.1, -0.05) is 65.2 Å². The van der Waals surface area contributed by atoms with Gasteiger partial charge in [-0.3, -0.25) is 4.79 Å². The number of nitrogens with zero attached hydrogens (tertiary/aromatic N) is 1. The predicted octanol–water partition coefficient (Wildman–Crippen LogP) is 7.74. The number of unbranched alkanes of at least 4 members (excludes halogenated alkanes) is 4. The highest BCUT2D eigenvalue weighted by Gasteiger charge is 2.41. The summed E-state index contributed by atoms with van der Waals surface area (Å²) in [5.74, 6) is 2.29. The topological polar surface area (TPSA) is 61.1 Å². The van der Waals surface area contributed by atoms with Gasteiger partial charge in [0.25, 0.3) is 0 Å². The molecule has 2 saturated carbocycles. The van der Waals surface area contributed by atoms with Crippen LogP contribution in [0.4, 0.5) is 0 Å². The van der Waals surface area contributed by atoms with Gasteiger partial charge < -0.3 is 5.11 Å². The predicted molar refractivity (Wildman–Crippen MR) is 119 cm³/mol. The molecule has 3 heteroatoms. The summed E-state index contributed by atoms with van der Waals surface area (Å²) < 4.78 is 0. The van der Waals surface area contributed by atoms with E-state index in [1.807, 2.05) is 0 Å². The van der Waals surface area contributed by atoms with E-state index in [-0.39, 0.29) is 11.8 Å². The Morgan fingerprint density at radius 2 is 1.62 bits per heavy atom. The van der Waals surface area contributed by atoms with Gasteiger partial charge in [-0.2, -0.15) is 5.26 Å². The van der Waals surface area contributed by atoms with Crippen LogP contribution in [-0.4, -0.2) is 11.1 Å². The second kappa shape index (κ2) is 12.6. The Morgan fingerprint density at radius 1 is 1.00 bits per heavy atom. The monoisotopic (exact) mass is 403 g/mol. The van der Waals surface area contributed by atoms with Crippen LogP contribution in [-0.2, 0) is 4.79 Å². The van der Waals surface area contributed by atoms with E-state index < -0.39 is 5.97 Å². The average Bonchev–Trinajstić information content (AvgIpc) is 2.74. The summed E-state index contributed by atoms with van der Waals surface area (Å²) in [7, 11) is 0. The Kier molecular flexibility index (Phi) is 10.5. The maximum Gasteiger partial charge on any atom is 0.303 e. The Labute approximate surface area is 179 Å². The third-order valence-electron chi connectivity index (χ3n) is 8.39. The largest absolute Gasteiger partial charge is 0.481 e. The summed E-state index contributed by atoms with van der Waals surface area (Å²) in [4.78, 5) is 10.8. The zero-order chi connectivity index (χ0) is 21.1. The lowest BCUT2D eigenvalue weighted by atomic mass is 9.60. The van der Waals surface area contributed by atoms with E-state index in [0.717, 1.165) is 37.0 Å². The minimum Gasteiger partial charge on any atom is -0.481 e. The van der Waals surface area contributed by atoms with Gasteiger partial charge in [-0.05, 0) is 75.0 Å². The minimum atomic E-state index is -0.719. The van der Waals surface area contributed by atoms with Crippen molar-refractivity contribution in [3.63, 3.8) is 0 Å². The highest BCUT2D eigenvalue weighted by Crippen LogP contribution is 2.49. The first-order valence-electron chi connectivity index (χ1n) is 12.6. The van der Waals surface area contributed by atoms with Gasteiger partial charge in [0.1, 0.15) is 0 Å². The van der Waals surface area contributed by atoms with Crippen LogP contribution >= 0.6 is 0 Å². The molecule has 1 N–H and O–H groups in total. The van der Waals surface area contributed by atoms with Gasteiger partial charge in [0.2, 0.25) is 0 Å². The van der Waals surface area contributed by atoms with Gasteiger partial charge in [0.05, 0.1) is 11.5 Å². The molecule has 0 spiro atoms. The third-order valence-corrected chi connectivity index (χ3v) is 8.39. The van der Waals surface area contributed by atoms with Crippen molar-refractivity contribution >= 4 is 5.97 Å². The summed E-state index contributed by atoms with van der Waals surface area (Å²) in [5.41, 5.74) is -0.204. The minimum absolute atomic E-state index is 0.204. The van der Waals surface area contributed by atoms with Gasteiger partial charge in [0.15, 0.2) is 0 Å². The van der Waals surface area contributed by atoms with Crippen molar-refractivity contribution in [2.24, 2.45) is 29.1 Å². The molecule has 0 heterocycles. The molecular formula is C26H45NO2. The van der Waals surface area contributed by atoms with Crippen molar-refractivity contribution in [1.82, 2.24) is 0 Å². The number of carbonyl (C=O) groups is 1. The molecule has 0 aromatic rings. The fourth-order valence-electron chi connectivity index (χ4n) is 6.16. The smallest absolute Gasteiger partial charge is 0.303 e. The van der Waals surface area contributed by atoms with Crippen LogP contribution in [0.1, 0.15) is 123 Å². The molecule has 29 heavy (non-hydrogen) atoms. The first kappa shape index (κ1) is 24.2. The number of rotatable bonds is 12. The van der Waals surface area contributed by atoms with Crippen LogP contribution in [0.25, 0.3) is 0 Å². The van der Waals surface area contributed by atoms with Gasteiger partial charge >= 0.3 is 5.97 Å². The Morgan fingerprint density at radius 3 is 2.21 bits per heavy atom. The van der Waals surface area contributed by atoms with E-state index in [1.54, 1.807) is 0 Å². The van der Waals surface area contributed by atoms with Crippen LogP contribution in [0.5, 0.6) is 0 Å². The number of aliphatic carboxylic acids is 1. The van der Waals surface area contributed by atoms with E-state index in [4.69, 9.17) is 5.11 Å². The zero-order valence-corrected chi connectivity index (χ0v) is 19.1. The molecule has 0 aromatic carbocycles. The lowest BCUT2D eigenvalue weighted by Gasteiger charge is -2.43. The molecule has 1 unspecified atom stereocenters. The highest BCUT2D eigenvalue weighted by atomic mass is 16.4. The Hall–Kier alpha value is -1.04. The number of carboxylic acids is 1. The fourth-order valence-corrected chi connectivity index (χ4v) is 6.16. The van der Waals surface area contributed by atoms with Crippen LogP contribution in [0.3, 0.4) is 0 Å². The van der Waals surface area contributed by atoms with Crippen molar-refractivity contribution in [1.29, 1.82) is 5.26 Å². The maximum atomic E-state index is 10.8. The van der Waals surface area contributed by atoms with Gasteiger partial charge in [0, 0.05) is 6.42 Å². The highest BCUT2D eigenvalue weighted by molar-refractivity contribution is 5.66. The molecule has 0 aliphatic heterocycles. The number of nitriles is 1. The molecule has 0 aromatic heterocycles. The van der Waals surface area contributed by atoms with Crippen LogP contribution < -0.4 is 0 Å². The molecule has 2 aliphatic carbocycles.